The van der Waals surface area contributed by atoms with Gasteiger partial charge in [-0.15, -0.1) is 22.7 Å². The van der Waals surface area contributed by atoms with E-state index in [-0.39, 0.29) is 5.56 Å². The number of aryl methyl sites for hydroxylation is 3. The molecule has 0 spiro atoms. The average molecular weight is 441 g/mol. The predicted molar refractivity (Wildman–Crippen MR) is 124 cm³/mol. The van der Waals surface area contributed by atoms with Crippen LogP contribution in [0.1, 0.15) is 28.1 Å². The van der Waals surface area contributed by atoms with Crippen LogP contribution < -0.4 is 10.5 Å². The van der Waals surface area contributed by atoms with Crippen molar-refractivity contribution in [2.75, 3.05) is 31.1 Å². The Bertz CT molecular complexity index is 1280. The number of anilines is 1. The first-order valence-corrected chi connectivity index (χ1v) is 11.9. The molecule has 156 valence electrons. The fourth-order valence-corrected chi connectivity index (χ4v) is 6.00. The summed E-state index contributed by atoms with van der Waals surface area (Å²) in [5, 5.41) is 1.90. The van der Waals surface area contributed by atoms with Gasteiger partial charge >= 0.3 is 0 Å². The van der Waals surface area contributed by atoms with E-state index in [0.717, 1.165) is 75.1 Å². The molecule has 4 aromatic heterocycles. The monoisotopic (exact) mass is 440 g/mol. The summed E-state index contributed by atoms with van der Waals surface area (Å²) in [4.78, 5) is 38.4. The quantitative estimate of drug-likeness (QED) is 0.523. The van der Waals surface area contributed by atoms with Crippen LogP contribution in [0.2, 0.25) is 0 Å². The molecule has 0 radical (unpaired) electrons. The van der Waals surface area contributed by atoms with Crippen molar-refractivity contribution in [2.45, 2.75) is 33.7 Å². The van der Waals surface area contributed by atoms with Gasteiger partial charge in [0.2, 0.25) is 0 Å². The van der Waals surface area contributed by atoms with Gasteiger partial charge in [0.1, 0.15) is 27.6 Å². The molecular formula is C21H24N6OS2. The summed E-state index contributed by atoms with van der Waals surface area (Å²) in [7, 11) is 0. The molecule has 1 fully saturated rings. The molecule has 30 heavy (non-hydrogen) atoms. The molecule has 0 unspecified atom stereocenters. The van der Waals surface area contributed by atoms with E-state index >= 15 is 0 Å². The lowest BCUT2D eigenvalue weighted by molar-refractivity contribution is 0.244. The molecule has 0 saturated carbocycles. The molecule has 1 aliphatic heterocycles. The van der Waals surface area contributed by atoms with Gasteiger partial charge in [0.25, 0.3) is 5.56 Å². The van der Waals surface area contributed by atoms with Crippen LogP contribution in [-0.4, -0.2) is 51.0 Å². The van der Waals surface area contributed by atoms with Gasteiger partial charge in [0.05, 0.1) is 17.3 Å². The van der Waals surface area contributed by atoms with Crippen LogP contribution in [0, 0.1) is 13.8 Å². The highest BCUT2D eigenvalue weighted by molar-refractivity contribution is 7.19. The molecule has 1 N–H and O–H groups in total. The van der Waals surface area contributed by atoms with E-state index < -0.39 is 0 Å². The standard InChI is InChI=1S/C21H24N6OS2/c1-4-14-9-15-18(22-11-23-20(15)30-14)27-7-5-26(6-8-27)10-16-24-19(28)17-12(2)13(3)29-21(17)25-16/h9,11H,4-8,10H2,1-3H3,(H,24,25,28). The Morgan fingerprint density at radius 2 is 1.90 bits per heavy atom. The Balaban J connectivity index is 1.32. The van der Waals surface area contributed by atoms with E-state index in [1.807, 2.05) is 13.8 Å². The summed E-state index contributed by atoms with van der Waals surface area (Å²) in [6.07, 6.45) is 2.70. The van der Waals surface area contributed by atoms with Crippen molar-refractivity contribution in [1.82, 2.24) is 24.8 Å². The lowest BCUT2D eigenvalue weighted by atomic mass is 10.2. The van der Waals surface area contributed by atoms with Gasteiger partial charge in [-0.05, 0) is 31.9 Å². The second-order valence-electron chi connectivity index (χ2n) is 7.72. The van der Waals surface area contributed by atoms with Crippen molar-refractivity contribution in [3.8, 4) is 0 Å². The maximum absolute atomic E-state index is 12.5. The zero-order chi connectivity index (χ0) is 20.8. The van der Waals surface area contributed by atoms with Gasteiger partial charge in [-0.25, -0.2) is 15.0 Å². The average Bonchev–Trinajstić information content (AvgIpc) is 3.29. The summed E-state index contributed by atoms with van der Waals surface area (Å²) in [5.41, 5.74) is 1.02. The van der Waals surface area contributed by atoms with Crippen LogP contribution in [0.25, 0.3) is 20.4 Å². The minimum absolute atomic E-state index is 0.0250. The van der Waals surface area contributed by atoms with Crippen LogP contribution in [0.5, 0.6) is 0 Å². The Labute approximate surface area is 182 Å². The molecule has 0 atom stereocenters. The van der Waals surface area contributed by atoms with Crippen LogP contribution >= 0.6 is 22.7 Å². The number of aromatic amines is 1. The summed E-state index contributed by atoms with van der Waals surface area (Å²) in [6, 6.07) is 2.23. The molecule has 1 saturated heterocycles. The van der Waals surface area contributed by atoms with Crippen molar-refractivity contribution in [3.05, 3.63) is 43.9 Å². The second kappa shape index (κ2) is 7.72. The van der Waals surface area contributed by atoms with Crippen LogP contribution in [0.15, 0.2) is 17.2 Å². The minimum Gasteiger partial charge on any atom is -0.353 e. The van der Waals surface area contributed by atoms with Crippen molar-refractivity contribution < 1.29 is 0 Å². The van der Waals surface area contributed by atoms with E-state index in [2.05, 4.69) is 37.7 Å². The SMILES string of the molecule is CCc1cc2c(N3CCN(Cc4nc5sc(C)c(C)c5c(=O)[nH]4)CC3)ncnc2s1. The number of fused-ring (bicyclic) bond motifs is 2. The molecule has 4 aromatic rings. The second-order valence-corrected chi connectivity index (χ2v) is 10.0. The maximum Gasteiger partial charge on any atom is 0.259 e. The number of aromatic nitrogens is 4. The highest BCUT2D eigenvalue weighted by atomic mass is 32.1. The van der Waals surface area contributed by atoms with Crippen LogP contribution in [-0.2, 0) is 13.0 Å². The van der Waals surface area contributed by atoms with Gasteiger partial charge in [-0.1, -0.05) is 6.92 Å². The topological polar surface area (TPSA) is 78.0 Å². The number of hydrogen-bond acceptors (Lipinski definition) is 8. The molecule has 1 aliphatic rings. The molecule has 0 bridgehead atoms. The highest BCUT2D eigenvalue weighted by Crippen LogP contribution is 2.31. The largest absolute Gasteiger partial charge is 0.353 e. The fourth-order valence-electron chi connectivity index (χ4n) is 4.02. The summed E-state index contributed by atoms with van der Waals surface area (Å²) >= 11 is 3.35. The number of nitrogens with zero attached hydrogens (tertiary/aromatic N) is 5. The predicted octanol–water partition coefficient (Wildman–Crippen LogP) is 3.49. The first-order valence-electron chi connectivity index (χ1n) is 10.2. The first kappa shape index (κ1) is 19.6. The van der Waals surface area contributed by atoms with Gasteiger partial charge in [-0.3, -0.25) is 9.69 Å². The fraction of sp³-hybridized carbons (Fsp3) is 0.429. The molecular weight excluding hydrogens is 416 g/mol. The third-order valence-corrected chi connectivity index (χ3v) is 8.13. The van der Waals surface area contributed by atoms with E-state index in [1.165, 1.54) is 4.88 Å². The lowest BCUT2D eigenvalue weighted by Gasteiger charge is -2.35. The Morgan fingerprint density at radius 1 is 1.10 bits per heavy atom. The number of rotatable bonds is 4. The van der Waals surface area contributed by atoms with E-state index in [1.54, 1.807) is 29.0 Å². The first-order chi connectivity index (χ1) is 14.5. The molecule has 5 rings (SSSR count). The molecule has 0 aromatic carbocycles. The Morgan fingerprint density at radius 3 is 2.67 bits per heavy atom. The number of nitrogens with one attached hydrogen (secondary N) is 1. The third-order valence-electron chi connectivity index (χ3n) is 5.84. The van der Waals surface area contributed by atoms with Gasteiger partial charge in [0.15, 0.2) is 0 Å². The summed E-state index contributed by atoms with van der Waals surface area (Å²) < 4.78 is 0. The number of hydrogen-bond donors (Lipinski definition) is 1. The number of piperazine rings is 1. The zero-order valence-corrected chi connectivity index (χ0v) is 19.0. The van der Waals surface area contributed by atoms with E-state index in [0.29, 0.717) is 6.54 Å². The van der Waals surface area contributed by atoms with Crippen LogP contribution in [0.4, 0.5) is 5.82 Å². The molecule has 0 aliphatic carbocycles. The highest BCUT2D eigenvalue weighted by Gasteiger charge is 2.22. The number of thiophene rings is 2. The minimum atomic E-state index is -0.0250. The molecule has 0 amide bonds. The van der Waals surface area contributed by atoms with Crippen molar-refractivity contribution >= 4 is 48.9 Å². The van der Waals surface area contributed by atoms with Crippen LogP contribution in [0.3, 0.4) is 0 Å². The lowest BCUT2D eigenvalue weighted by Crippen LogP contribution is -2.46. The number of H-pyrrole nitrogens is 1. The maximum atomic E-state index is 12.5. The molecule has 7 nitrogen and oxygen atoms in total. The smallest absolute Gasteiger partial charge is 0.259 e. The van der Waals surface area contributed by atoms with Gasteiger partial charge in [-0.2, -0.15) is 0 Å². The third kappa shape index (κ3) is 3.40. The Kier molecular flexibility index (Phi) is 5.04. The summed E-state index contributed by atoms with van der Waals surface area (Å²) in [5.74, 6) is 1.78. The Hall–Kier alpha value is -2.36. The summed E-state index contributed by atoms with van der Waals surface area (Å²) in [6.45, 7) is 10.5. The van der Waals surface area contributed by atoms with Gasteiger partial charge < -0.3 is 9.88 Å². The van der Waals surface area contributed by atoms with Crippen molar-refractivity contribution in [3.63, 3.8) is 0 Å². The molecule has 5 heterocycles. The van der Waals surface area contributed by atoms with Crippen molar-refractivity contribution in [1.29, 1.82) is 0 Å². The van der Waals surface area contributed by atoms with Crippen molar-refractivity contribution in [2.24, 2.45) is 0 Å². The zero-order valence-electron chi connectivity index (χ0n) is 17.4. The van der Waals surface area contributed by atoms with E-state index in [9.17, 15) is 4.79 Å². The normalized spacial score (nSPS) is 15.5. The van der Waals surface area contributed by atoms with Gasteiger partial charge in [0, 0.05) is 35.9 Å². The van der Waals surface area contributed by atoms with E-state index in [4.69, 9.17) is 4.98 Å². The molecule has 9 heteroatoms.